The van der Waals surface area contributed by atoms with E-state index in [1.54, 1.807) is 21.1 Å². The van der Waals surface area contributed by atoms with Crippen LogP contribution in [0.4, 0.5) is 0 Å². The number of benzene rings is 4. The van der Waals surface area contributed by atoms with E-state index in [1.165, 1.54) is 10.8 Å². The first-order valence-corrected chi connectivity index (χ1v) is 23.1. The molecule has 332 valence electrons. The number of nitrogens with one attached hydrogen (secondary N) is 2. The van der Waals surface area contributed by atoms with Gasteiger partial charge in [0.2, 0.25) is 0 Å². The summed E-state index contributed by atoms with van der Waals surface area (Å²) in [4.78, 5) is 28.8. The van der Waals surface area contributed by atoms with Crippen LogP contribution in [0.15, 0.2) is 125 Å². The van der Waals surface area contributed by atoms with Crippen LogP contribution < -0.4 is 25.8 Å². The molecule has 0 bridgehead atoms. The van der Waals surface area contributed by atoms with E-state index >= 15 is 0 Å². The third-order valence-electron chi connectivity index (χ3n) is 10.9. The van der Waals surface area contributed by atoms with Crippen molar-refractivity contribution in [1.82, 2.24) is 19.3 Å². The van der Waals surface area contributed by atoms with E-state index in [-0.39, 0.29) is 37.3 Å². The van der Waals surface area contributed by atoms with E-state index in [9.17, 15) is 14.7 Å². The molecule has 5 aromatic rings. The number of aromatic amines is 1. The van der Waals surface area contributed by atoms with E-state index in [2.05, 4.69) is 14.7 Å². The fraction of sp³-hybridized carbons (Fsp3) is 0.383. The third-order valence-corrected chi connectivity index (χ3v) is 15.0. The zero-order chi connectivity index (χ0) is 44.7. The number of hydrogen-bond acceptors (Lipinski definition) is 11. The third kappa shape index (κ3) is 9.88. The van der Waals surface area contributed by atoms with E-state index in [4.69, 9.17) is 40.2 Å². The maximum atomic E-state index is 13.5. The number of H-pyrrole nitrogens is 1. The van der Waals surface area contributed by atoms with Gasteiger partial charge in [-0.25, -0.2) is 0 Å². The first-order valence-electron chi connectivity index (χ1n) is 20.9. The van der Waals surface area contributed by atoms with Crippen LogP contribution in [-0.4, -0.2) is 75.7 Å². The van der Waals surface area contributed by atoms with Gasteiger partial charge in [0.25, 0.3) is 0 Å². The summed E-state index contributed by atoms with van der Waals surface area (Å²) in [5.41, 5.74) is 0.816. The van der Waals surface area contributed by atoms with Gasteiger partial charge in [-0.2, -0.15) is 0 Å². The number of aliphatic hydroxyl groups is 1. The van der Waals surface area contributed by atoms with Crippen molar-refractivity contribution in [2.75, 3.05) is 27.4 Å². The SMILES string of the molecule is CCCO[PH](NC(=S)c1ccccc1)(O[C@@]1(O)C[C@H](n2cc(C)c(=O)[nH]c2=O)O[C@@H]1COC(c1ccccc1)(c1ccc(OC)cc1)c1ccc(OC)cc1)N(C(C)C)C(C)C. The van der Waals surface area contributed by atoms with E-state index in [1.807, 2.05) is 144 Å². The molecule has 1 aliphatic heterocycles. The summed E-state index contributed by atoms with van der Waals surface area (Å²) in [6, 6.07) is 34.2. The molecule has 0 spiro atoms. The molecule has 62 heavy (non-hydrogen) atoms. The van der Waals surface area contributed by atoms with Crippen molar-refractivity contribution in [3.05, 3.63) is 164 Å². The van der Waals surface area contributed by atoms with Gasteiger partial charge in [-0.3, -0.25) is 0 Å². The summed E-state index contributed by atoms with van der Waals surface area (Å²) < 4.78 is 42.6. The van der Waals surface area contributed by atoms with Crippen molar-refractivity contribution in [2.45, 2.75) is 90.2 Å². The van der Waals surface area contributed by atoms with Crippen molar-refractivity contribution in [3.8, 4) is 11.5 Å². The molecule has 0 saturated carbocycles. The van der Waals surface area contributed by atoms with Gasteiger partial charge >= 0.3 is 371 Å². The van der Waals surface area contributed by atoms with Crippen LogP contribution in [0.3, 0.4) is 0 Å². The van der Waals surface area contributed by atoms with Crippen LogP contribution in [0, 0.1) is 6.92 Å². The maximum absolute atomic E-state index is 13.5. The Labute approximate surface area is 369 Å². The zero-order valence-electron chi connectivity index (χ0n) is 36.6. The molecule has 2 heterocycles. The second kappa shape index (κ2) is 20.2. The number of ether oxygens (including phenoxy) is 4. The molecule has 15 heteroatoms. The number of aryl methyl sites for hydroxylation is 1. The van der Waals surface area contributed by atoms with Crippen LogP contribution in [0.25, 0.3) is 0 Å². The predicted octanol–water partition coefficient (Wildman–Crippen LogP) is 7.78. The molecule has 0 aliphatic carbocycles. The fourth-order valence-electron chi connectivity index (χ4n) is 8.09. The number of hydrogen-bond donors (Lipinski definition) is 3. The van der Waals surface area contributed by atoms with Gasteiger partial charge in [-0.15, -0.1) is 0 Å². The average molecular weight is 887 g/mol. The van der Waals surface area contributed by atoms with Gasteiger partial charge in [0.15, 0.2) is 0 Å². The standard InChI is InChI=1S/C47H59N4O9PS/c1-9-28-58-61(51(32(2)3)33(4)5,49-44(62)35-16-12-10-13-17-35)60-46(54)29-42(50-30-34(6)43(52)48-45(50)53)59-41(46)31-57-47(36-18-14-11-15-19-36,37-20-24-39(55-7)25-21-37)38-22-26-40(56-8)27-23-38/h10-27,30,32-33,41-42,54,61H,9,28-29,31H2,1-8H3,(H,49,62)(H,48,52,53)/t41-,42-,46+/m1/s1. The zero-order valence-corrected chi connectivity index (χ0v) is 38.4. The Morgan fingerprint density at radius 2 is 1.44 bits per heavy atom. The number of nitrogens with zero attached hydrogens (tertiary/aromatic N) is 2. The molecule has 1 saturated heterocycles. The van der Waals surface area contributed by atoms with Gasteiger partial charge in [-0.1, -0.05) is 0 Å². The van der Waals surface area contributed by atoms with Crippen LogP contribution in [0.5, 0.6) is 11.5 Å². The Morgan fingerprint density at radius 1 is 0.903 bits per heavy atom. The number of rotatable bonds is 19. The molecule has 1 fully saturated rings. The minimum absolute atomic E-state index is 0.152. The molecule has 0 radical (unpaired) electrons. The van der Waals surface area contributed by atoms with Gasteiger partial charge < -0.3 is 0 Å². The second-order valence-electron chi connectivity index (χ2n) is 15.9. The van der Waals surface area contributed by atoms with Crippen LogP contribution in [-0.2, 0) is 24.1 Å². The Bertz CT molecular complexity index is 2310. The first-order chi connectivity index (χ1) is 29.7. The molecule has 13 nitrogen and oxygen atoms in total. The monoisotopic (exact) mass is 886 g/mol. The summed E-state index contributed by atoms with van der Waals surface area (Å²) in [5, 5.41) is 16.9. The molecule has 1 aromatic heterocycles. The number of methoxy groups -OCH3 is 2. The quantitative estimate of drug-likeness (QED) is 0.0322. The molecule has 3 N–H and O–H groups in total. The Hall–Kier alpha value is -4.76. The van der Waals surface area contributed by atoms with Crippen molar-refractivity contribution < 1.29 is 33.1 Å². The molecular formula is C47H59N4O9PS. The summed E-state index contributed by atoms with van der Waals surface area (Å²) in [7, 11) is -0.847. The Kier molecular flexibility index (Phi) is 15.2. The normalized spacial score (nSPS) is 18.3. The predicted molar refractivity (Wildman–Crippen MR) is 247 cm³/mol. The summed E-state index contributed by atoms with van der Waals surface area (Å²) >= 11 is 6.06. The van der Waals surface area contributed by atoms with Gasteiger partial charge in [0.05, 0.1) is 0 Å². The number of aromatic nitrogens is 2. The average Bonchev–Trinajstić information content (AvgIpc) is 3.59. The number of thiocarbonyl (C=S) groups is 1. The van der Waals surface area contributed by atoms with Crippen molar-refractivity contribution in [3.63, 3.8) is 0 Å². The molecule has 4 aromatic carbocycles. The fourth-order valence-corrected chi connectivity index (χ4v) is 12.1. The molecular weight excluding hydrogens is 828 g/mol. The molecule has 0 amide bonds. The topological polar surface area (TPSA) is 146 Å². The summed E-state index contributed by atoms with van der Waals surface area (Å²) in [5.74, 6) is -0.866. The van der Waals surface area contributed by atoms with Gasteiger partial charge in [-0.05, 0) is 0 Å². The summed E-state index contributed by atoms with van der Waals surface area (Å²) in [6.07, 6.45) is -0.536. The van der Waals surface area contributed by atoms with Crippen molar-refractivity contribution in [1.29, 1.82) is 0 Å². The van der Waals surface area contributed by atoms with Crippen LogP contribution in [0.2, 0.25) is 0 Å². The Morgan fingerprint density at radius 3 is 1.95 bits per heavy atom. The van der Waals surface area contributed by atoms with E-state index in [0.717, 1.165) is 22.3 Å². The van der Waals surface area contributed by atoms with Crippen molar-refractivity contribution >= 4 is 25.2 Å². The Balaban J connectivity index is 1.54. The second-order valence-corrected chi connectivity index (χ2v) is 18.7. The summed E-state index contributed by atoms with van der Waals surface area (Å²) in [6.45, 7) is 11.7. The van der Waals surface area contributed by atoms with Gasteiger partial charge in [0.1, 0.15) is 0 Å². The van der Waals surface area contributed by atoms with E-state index < -0.39 is 43.0 Å². The van der Waals surface area contributed by atoms with Gasteiger partial charge in [0, 0.05) is 0 Å². The molecule has 1 aliphatic rings. The van der Waals surface area contributed by atoms with E-state index in [0.29, 0.717) is 22.9 Å². The minimum atomic E-state index is -4.07. The van der Waals surface area contributed by atoms with Crippen LogP contribution in [0.1, 0.15) is 81.5 Å². The molecule has 6 rings (SSSR count). The van der Waals surface area contributed by atoms with Crippen molar-refractivity contribution in [2.24, 2.45) is 0 Å². The molecule has 3 atom stereocenters. The first kappa shape index (κ1) is 46.7. The molecule has 0 unspecified atom stereocenters. The van der Waals surface area contributed by atoms with Crippen LogP contribution >= 0.6 is 20.2 Å².